The molecule has 1 aliphatic rings. The summed E-state index contributed by atoms with van der Waals surface area (Å²) in [6.45, 7) is 4.60. The zero-order valence-electron chi connectivity index (χ0n) is 17.2. The van der Waals surface area contributed by atoms with Crippen LogP contribution < -0.4 is 10.2 Å². The minimum atomic E-state index is -0.0482. The summed E-state index contributed by atoms with van der Waals surface area (Å²) in [5.41, 5.74) is 2.00. The van der Waals surface area contributed by atoms with Gasteiger partial charge in [0.15, 0.2) is 5.16 Å². The lowest BCUT2D eigenvalue weighted by Gasteiger charge is -2.27. The van der Waals surface area contributed by atoms with E-state index < -0.39 is 0 Å². The lowest BCUT2D eigenvalue weighted by atomic mass is 10.1. The lowest BCUT2D eigenvalue weighted by Crippen LogP contribution is -2.32. The van der Waals surface area contributed by atoms with Crippen molar-refractivity contribution in [2.75, 3.05) is 29.1 Å². The predicted octanol–water partition coefficient (Wildman–Crippen LogP) is 4.20. The molecule has 0 aliphatic carbocycles. The molecule has 1 N–H and O–H groups in total. The minimum absolute atomic E-state index is 0.0482. The minimum Gasteiger partial charge on any atom is -0.467 e. The third-order valence-corrected chi connectivity index (χ3v) is 6.20. The number of furan rings is 1. The molecule has 158 valence electrons. The van der Waals surface area contributed by atoms with Gasteiger partial charge in [-0.2, -0.15) is 0 Å². The summed E-state index contributed by atoms with van der Waals surface area (Å²) >= 11 is 1.40. The first-order chi connectivity index (χ1) is 14.7. The third kappa shape index (κ3) is 4.87. The van der Waals surface area contributed by atoms with Crippen molar-refractivity contribution < 1.29 is 9.21 Å². The second kappa shape index (κ2) is 9.84. The Morgan fingerprint density at radius 1 is 1.13 bits per heavy atom. The first-order valence-corrected chi connectivity index (χ1v) is 11.4. The highest BCUT2D eigenvalue weighted by atomic mass is 32.2. The molecular weight excluding hydrogens is 398 g/mol. The maximum Gasteiger partial charge on any atom is 0.234 e. The van der Waals surface area contributed by atoms with Gasteiger partial charge in [-0.15, -0.1) is 10.2 Å². The Balaban J connectivity index is 1.47. The number of hydrogen-bond donors (Lipinski definition) is 1. The van der Waals surface area contributed by atoms with E-state index in [4.69, 9.17) is 4.42 Å². The molecule has 1 aromatic carbocycles. The third-order valence-electron chi connectivity index (χ3n) is 5.23. The summed E-state index contributed by atoms with van der Waals surface area (Å²) in [4.78, 5) is 14.9. The molecule has 8 heteroatoms. The molecule has 3 heterocycles. The van der Waals surface area contributed by atoms with Gasteiger partial charge >= 0.3 is 0 Å². The number of nitrogens with zero attached hydrogens (tertiary/aromatic N) is 4. The monoisotopic (exact) mass is 425 g/mol. The average molecular weight is 426 g/mol. The molecule has 4 rings (SSSR count). The fourth-order valence-electron chi connectivity index (χ4n) is 3.68. The predicted molar refractivity (Wildman–Crippen MR) is 119 cm³/mol. The van der Waals surface area contributed by atoms with Gasteiger partial charge in [0.05, 0.1) is 18.6 Å². The van der Waals surface area contributed by atoms with Crippen LogP contribution >= 0.6 is 11.8 Å². The molecule has 3 aromatic rings. The number of piperidine rings is 1. The SMILES string of the molecule is CCc1ccccc1NC(=O)CSc1nnc(N2CCCCC2)n1Cc1ccco1. The molecule has 1 saturated heterocycles. The Kier molecular flexibility index (Phi) is 6.74. The van der Waals surface area contributed by atoms with Crippen molar-refractivity contribution in [1.29, 1.82) is 0 Å². The van der Waals surface area contributed by atoms with Crippen LogP contribution in [0.5, 0.6) is 0 Å². The number of rotatable bonds is 8. The van der Waals surface area contributed by atoms with Crippen molar-refractivity contribution in [3.63, 3.8) is 0 Å². The number of para-hydroxylation sites is 1. The molecule has 1 amide bonds. The maximum atomic E-state index is 12.6. The normalized spacial score (nSPS) is 14.1. The number of benzene rings is 1. The number of aromatic nitrogens is 3. The molecule has 7 nitrogen and oxygen atoms in total. The quantitative estimate of drug-likeness (QED) is 0.545. The summed E-state index contributed by atoms with van der Waals surface area (Å²) in [7, 11) is 0. The van der Waals surface area contributed by atoms with E-state index in [-0.39, 0.29) is 11.7 Å². The van der Waals surface area contributed by atoms with Crippen molar-refractivity contribution in [1.82, 2.24) is 14.8 Å². The molecule has 0 unspecified atom stereocenters. The number of amides is 1. The Bertz CT molecular complexity index is 964. The Hall–Kier alpha value is -2.74. The van der Waals surface area contributed by atoms with Crippen LogP contribution in [0.15, 0.2) is 52.2 Å². The highest BCUT2D eigenvalue weighted by Gasteiger charge is 2.21. The summed E-state index contributed by atoms with van der Waals surface area (Å²) in [5, 5.41) is 12.6. The highest BCUT2D eigenvalue weighted by Crippen LogP contribution is 2.26. The Morgan fingerprint density at radius 2 is 1.97 bits per heavy atom. The highest BCUT2D eigenvalue weighted by molar-refractivity contribution is 7.99. The fraction of sp³-hybridized carbons (Fsp3) is 0.409. The van der Waals surface area contributed by atoms with Crippen LogP contribution in [-0.4, -0.2) is 39.5 Å². The van der Waals surface area contributed by atoms with Gasteiger partial charge in [-0.1, -0.05) is 36.9 Å². The second-order valence-electron chi connectivity index (χ2n) is 7.34. The fourth-order valence-corrected chi connectivity index (χ4v) is 4.41. The van der Waals surface area contributed by atoms with Crippen molar-refractivity contribution in [3.8, 4) is 0 Å². The van der Waals surface area contributed by atoms with Gasteiger partial charge in [0.25, 0.3) is 0 Å². The van der Waals surface area contributed by atoms with E-state index in [2.05, 4.69) is 31.9 Å². The first-order valence-electron chi connectivity index (χ1n) is 10.5. The molecule has 0 bridgehead atoms. The van der Waals surface area contributed by atoms with Crippen LogP contribution in [0.3, 0.4) is 0 Å². The number of carbonyl (C=O) groups excluding carboxylic acids is 1. The van der Waals surface area contributed by atoms with Gasteiger partial charge in [0, 0.05) is 18.8 Å². The van der Waals surface area contributed by atoms with E-state index in [1.165, 1.54) is 18.2 Å². The van der Waals surface area contributed by atoms with Gasteiger partial charge in [0.1, 0.15) is 5.76 Å². The van der Waals surface area contributed by atoms with Gasteiger partial charge < -0.3 is 14.6 Å². The molecule has 0 radical (unpaired) electrons. The summed E-state index contributed by atoms with van der Waals surface area (Å²) < 4.78 is 7.61. The maximum absolute atomic E-state index is 12.6. The summed E-state index contributed by atoms with van der Waals surface area (Å²) in [6, 6.07) is 11.7. The summed E-state index contributed by atoms with van der Waals surface area (Å²) in [5.74, 6) is 1.92. The van der Waals surface area contributed by atoms with Gasteiger partial charge in [0.2, 0.25) is 11.9 Å². The first kappa shape index (κ1) is 20.5. The second-order valence-corrected chi connectivity index (χ2v) is 8.29. The molecular formula is C22H27N5O2S. The van der Waals surface area contributed by atoms with Crippen molar-refractivity contribution in [2.24, 2.45) is 0 Å². The van der Waals surface area contributed by atoms with E-state index in [9.17, 15) is 4.79 Å². The van der Waals surface area contributed by atoms with E-state index in [0.717, 1.165) is 60.5 Å². The van der Waals surface area contributed by atoms with Crippen molar-refractivity contribution in [3.05, 3.63) is 54.0 Å². The van der Waals surface area contributed by atoms with Crippen molar-refractivity contribution in [2.45, 2.75) is 44.3 Å². The number of aryl methyl sites for hydroxylation is 1. The van der Waals surface area contributed by atoms with Crippen LogP contribution in [-0.2, 0) is 17.8 Å². The topological polar surface area (TPSA) is 76.2 Å². The van der Waals surface area contributed by atoms with E-state index in [1.807, 2.05) is 36.4 Å². The van der Waals surface area contributed by atoms with Gasteiger partial charge in [-0.25, -0.2) is 0 Å². The van der Waals surface area contributed by atoms with E-state index >= 15 is 0 Å². The molecule has 0 spiro atoms. The van der Waals surface area contributed by atoms with Crippen LogP contribution in [0.2, 0.25) is 0 Å². The number of carbonyl (C=O) groups is 1. The van der Waals surface area contributed by atoms with Gasteiger partial charge in [-0.3, -0.25) is 9.36 Å². The smallest absolute Gasteiger partial charge is 0.234 e. The van der Waals surface area contributed by atoms with Crippen LogP contribution in [0.1, 0.15) is 37.5 Å². The number of anilines is 2. The molecule has 1 aliphatic heterocycles. The largest absolute Gasteiger partial charge is 0.467 e. The molecule has 2 aromatic heterocycles. The summed E-state index contributed by atoms with van der Waals surface area (Å²) in [6.07, 6.45) is 6.13. The molecule has 30 heavy (non-hydrogen) atoms. The molecule has 0 atom stereocenters. The van der Waals surface area contributed by atoms with Crippen LogP contribution in [0, 0.1) is 0 Å². The zero-order chi connectivity index (χ0) is 20.8. The molecule has 1 fully saturated rings. The average Bonchev–Trinajstić information content (AvgIpc) is 3.44. The van der Waals surface area contributed by atoms with Crippen molar-refractivity contribution >= 4 is 29.3 Å². The Morgan fingerprint density at radius 3 is 2.73 bits per heavy atom. The van der Waals surface area contributed by atoms with Gasteiger partial charge in [-0.05, 0) is 49.4 Å². The number of thioether (sulfide) groups is 1. The van der Waals surface area contributed by atoms with E-state index in [0.29, 0.717) is 6.54 Å². The van der Waals surface area contributed by atoms with Crippen LogP contribution in [0.25, 0.3) is 0 Å². The van der Waals surface area contributed by atoms with Crippen LogP contribution in [0.4, 0.5) is 11.6 Å². The Labute approximate surface area is 180 Å². The van der Waals surface area contributed by atoms with E-state index in [1.54, 1.807) is 6.26 Å². The lowest BCUT2D eigenvalue weighted by molar-refractivity contribution is -0.113. The standard InChI is InChI=1S/C22H27N5O2S/c1-2-17-9-4-5-11-19(17)23-20(28)16-30-22-25-24-21(26-12-6-3-7-13-26)27(22)15-18-10-8-14-29-18/h4-5,8-11,14H,2-3,6-7,12-13,15-16H2,1H3,(H,23,28). The molecule has 0 saturated carbocycles. The number of nitrogens with one attached hydrogen (secondary N) is 1. The number of hydrogen-bond acceptors (Lipinski definition) is 6. The zero-order valence-corrected chi connectivity index (χ0v) is 18.0.